The molecule has 0 radical (unpaired) electrons. The first-order valence-electron chi connectivity index (χ1n) is 12.7. The van der Waals surface area contributed by atoms with Gasteiger partial charge in [0, 0.05) is 26.2 Å². The summed E-state index contributed by atoms with van der Waals surface area (Å²) in [5, 5.41) is 13.2. The summed E-state index contributed by atoms with van der Waals surface area (Å²) in [6, 6.07) is 0.231. The molecule has 2 fully saturated rings. The molecule has 0 saturated heterocycles. The molecule has 8 nitrogen and oxygen atoms in total. The summed E-state index contributed by atoms with van der Waals surface area (Å²) >= 11 is 0. The average Bonchev–Trinajstić information content (AvgIpc) is 3.06. The molecule has 0 bridgehead atoms. The van der Waals surface area contributed by atoms with E-state index >= 15 is 0 Å². The summed E-state index contributed by atoms with van der Waals surface area (Å²) in [4.78, 5) is 27.7. The van der Waals surface area contributed by atoms with Crippen LogP contribution in [0.3, 0.4) is 0 Å². The molecule has 2 saturated carbocycles. The minimum absolute atomic E-state index is 0.194. The zero-order valence-corrected chi connectivity index (χ0v) is 20.8. The standard InChI is InChI=1S/C25H40N6O2/c1-15(2)13-30(5)25-29-22-20(31(25)14-18-11-9-16(3)10-12-18)21(27-23(28-22)24(32)33)26-17(4)19-7-6-8-19/h15-19H,6-14H2,1-5H3,(H,32,33)(H,26,27,28)/t16-,17-,18-/m1/s1. The molecule has 33 heavy (non-hydrogen) atoms. The number of aromatic carboxylic acids is 1. The van der Waals surface area contributed by atoms with Crippen molar-refractivity contribution in [1.29, 1.82) is 0 Å². The summed E-state index contributed by atoms with van der Waals surface area (Å²) in [5.74, 6) is 2.61. The second-order valence-electron chi connectivity index (χ2n) is 10.9. The predicted molar refractivity (Wildman–Crippen MR) is 132 cm³/mol. The Hall–Kier alpha value is -2.38. The van der Waals surface area contributed by atoms with Crippen LogP contribution in [-0.2, 0) is 6.54 Å². The molecular formula is C25H40N6O2. The number of rotatable bonds is 9. The van der Waals surface area contributed by atoms with Crippen molar-refractivity contribution in [3.05, 3.63) is 5.82 Å². The van der Waals surface area contributed by atoms with E-state index in [1.165, 1.54) is 44.9 Å². The van der Waals surface area contributed by atoms with Crippen LogP contribution in [0.4, 0.5) is 11.8 Å². The van der Waals surface area contributed by atoms with Gasteiger partial charge in [0.2, 0.25) is 11.8 Å². The van der Waals surface area contributed by atoms with Crippen LogP contribution in [0.1, 0.15) is 83.3 Å². The van der Waals surface area contributed by atoms with Crippen LogP contribution in [0, 0.1) is 23.7 Å². The van der Waals surface area contributed by atoms with Crippen LogP contribution < -0.4 is 10.2 Å². The van der Waals surface area contributed by atoms with Crippen LogP contribution in [-0.4, -0.2) is 50.2 Å². The molecule has 0 amide bonds. The minimum atomic E-state index is -1.12. The lowest BCUT2D eigenvalue weighted by Gasteiger charge is -2.32. The number of carboxylic acids is 1. The van der Waals surface area contributed by atoms with E-state index in [2.05, 4.69) is 59.5 Å². The van der Waals surface area contributed by atoms with E-state index < -0.39 is 5.97 Å². The third-order valence-electron chi connectivity index (χ3n) is 7.55. The summed E-state index contributed by atoms with van der Waals surface area (Å²) in [5.41, 5.74) is 1.32. The molecule has 2 aromatic heterocycles. The third-order valence-corrected chi connectivity index (χ3v) is 7.55. The summed E-state index contributed by atoms with van der Waals surface area (Å²) < 4.78 is 2.26. The maximum Gasteiger partial charge on any atom is 0.374 e. The van der Waals surface area contributed by atoms with E-state index in [1.807, 2.05) is 0 Å². The number of carbonyl (C=O) groups is 1. The van der Waals surface area contributed by atoms with E-state index in [9.17, 15) is 9.90 Å². The van der Waals surface area contributed by atoms with Crippen molar-refractivity contribution in [3.8, 4) is 0 Å². The van der Waals surface area contributed by atoms with E-state index in [1.54, 1.807) is 0 Å². The van der Waals surface area contributed by atoms with E-state index in [0.29, 0.717) is 29.2 Å². The Morgan fingerprint density at radius 2 is 1.82 bits per heavy atom. The van der Waals surface area contributed by atoms with Crippen LogP contribution in [0.5, 0.6) is 0 Å². The Labute approximate surface area is 197 Å². The molecule has 2 aliphatic rings. The van der Waals surface area contributed by atoms with Gasteiger partial charge in [-0.3, -0.25) is 0 Å². The Bertz CT molecular complexity index is 975. The second kappa shape index (κ2) is 9.85. The first kappa shape index (κ1) is 23.8. The molecule has 0 unspecified atom stereocenters. The van der Waals surface area contributed by atoms with Crippen LogP contribution >= 0.6 is 0 Å². The third kappa shape index (κ3) is 5.25. The van der Waals surface area contributed by atoms with E-state index in [0.717, 1.165) is 30.5 Å². The number of hydrogen-bond acceptors (Lipinski definition) is 6. The Morgan fingerprint density at radius 3 is 2.39 bits per heavy atom. The van der Waals surface area contributed by atoms with Gasteiger partial charge in [-0.05, 0) is 56.3 Å². The molecule has 2 aliphatic carbocycles. The zero-order valence-electron chi connectivity index (χ0n) is 20.8. The lowest BCUT2D eigenvalue weighted by Crippen LogP contribution is -2.32. The van der Waals surface area contributed by atoms with Crippen molar-refractivity contribution in [1.82, 2.24) is 19.5 Å². The van der Waals surface area contributed by atoms with Gasteiger partial charge in [-0.25, -0.2) is 14.8 Å². The molecular weight excluding hydrogens is 416 g/mol. The Balaban J connectivity index is 1.79. The highest BCUT2D eigenvalue weighted by Gasteiger charge is 2.29. The quantitative estimate of drug-likeness (QED) is 0.545. The first-order chi connectivity index (χ1) is 15.7. The smallest absolute Gasteiger partial charge is 0.374 e. The number of aromatic nitrogens is 4. The van der Waals surface area contributed by atoms with Gasteiger partial charge in [0.1, 0.15) is 5.52 Å². The van der Waals surface area contributed by atoms with Gasteiger partial charge in [0.05, 0.1) is 0 Å². The molecule has 2 N–H and O–H groups in total. The molecule has 2 heterocycles. The summed E-state index contributed by atoms with van der Waals surface area (Å²) in [6.07, 6.45) is 8.62. The van der Waals surface area contributed by atoms with Crippen molar-refractivity contribution in [2.45, 2.75) is 85.2 Å². The van der Waals surface area contributed by atoms with E-state index in [-0.39, 0.29) is 11.9 Å². The van der Waals surface area contributed by atoms with Gasteiger partial charge < -0.3 is 19.9 Å². The zero-order chi connectivity index (χ0) is 23.7. The van der Waals surface area contributed by atoms with Gasteiger partial charge >= 0.3 is 5.97 Å². The Morgan fingerprint density at radius 1 is 1.12 bits per heavy atom. The minimum Gasteiger partial charge on any atom is -0.475 e. The molecule has 0 aromatic carbocycles. The second-order valence-corrected chi connectivity index (χ2v) is 10.9. The van der Waals surface area contributed by atoms with Crippen molar-refractivity contribution < 1.29 is 9.90 Å². The van der Waals surface area contributed by atoms with Crippen molar-refractivity contribution in [2.24, 2.45) is 23.7 Å². The molecule has 0 spiro atoms. The van der Waals surface area contributed by atoms with E-state index in [4.69, 9.17) is 4.98 Å². The maximum absolute atomic E-state index is 11.8. The SMILES string of the molecule is CC(C)CN(C)c1nc2nc(C(=O)O)nc(N[C@H](C)C3CCC3)c2n1C[C@H]1CC[C@H](C)CC1. The number of nitrogens with one attached hydrogen (secondary N) is 1. The highest BCUT2D eigenvalue weighted by Crippen LogP contribution is 2.35. The number of anilines is 2. The number of fused-ring (bicyclic) bond motifs is 1. The molecule has 4 rings (SSSR count). The van der Waals surface area contributed by atoms with Gasteiger partial charge in [0.15, 0.2) is 11.5 Å². The maximum atomic E-state index is 11.8. The first-order valence-corrected chi connectivity index (χ1v) is 12.7. The highest BCUT2D eigenvalue weighted by atomic mass is 16.4. The average molecular weight is 457 g/mol. The Kier molecular flexibility index (Phi) is 7.10. The fourth-order valence-corrected chi connectivity index (χ4v) is 5.36. The number of nitrogens with zero attached hydrogens (tertiary/aromatic N) is 5. The summed E-state index contributed by atoms with van der Waals surface area (Å²) in [7, 11) is 2.07. The van der Waals surface area contributed by atoms with Gasteiger partial charge in [-0.1, -0.05) is 40.0 Å². The topological polar surface area (TPSA) is 96.2 Å². The fraction of sp³-hybridized carbons (Fsp3) is 0.760. The normalized spacial score (nSPS) is 22.4. The lowest BCUT2D eigenvalue weighted by atomic mass is 9.80. The van der Waals surface area contributed by atoms with Crippen LogP contribution in [0.15, 0.2) is 0 Å². The molecule has 2 aromatic rings. The molecule has 8 heteroatoms. The van der Waals surface area contributed by atoms with Crippen molar-refractivity contribution in [2.75, 3.05) is 23.8 Å². The van der Waals surface area contributed by atoms with Crippen molar-refractivity contribution in [3.63, 3.8) is 0 Å². The van der Waals surface area contributed by atoms with Crippen LogP contribution in [0.25, 0.3) is 11.2 Å². The summed E-state index contributed by atoms with van der Waals surface area (Å²) in [6.45, 7) is 10.6. The largest absolute Gasteiger partial charge is 0.475 e. The highest BCUT2D eigenvalue weighted by molar-refractivity contribution is 5.91. The molecule has 0 aliphatic heterocycles. The molecule has 182 valence electrons. The number of imidazole rings is 1. The lowest BCUT2D eigenvalue weighted by molar-refractivity contribution is 0.0684. The van der Waals surface area contributed by atoms with Crippen LogP contribution in [0.2, 0.25) is 0 Å². The monoisotopic (exact) mass is 456 g/mol. The number of hydrogen-bond donors (Lipinski definition) is 2. The fourth-order valence-electron chi connectivity index (χ4n) is 5.36. The van der Waals surface area contributed by atoms with Gasteiger partial charge in [0.25, 0.3) is 0 Å². The van der Waals surface area contributed by atoms with Crippen molar-refractivity contribution >= 4 is 28.9 Å². The van der Waals surface area contributed by atoms with Gasteiger partial charge in [-0.2, -0.15) is 4.98 Å². The van der Waals surface area contributed by atoms with Gasteiger partial charge in [-0.15, -0.1) is 0 Å². The number of carboxylic acid groups (broad SMARTS) is 1. The molecule has 1 atom stereocenters. The predicted octanol–water partition coefficient (Wildman–Crippen LogP) is 5.04.